The molecule has 0 saturated heterocycles. The van der Waals surface area contributed by atoms with Gasteiger partial charge in [0.2, 0.25) is 5.91 Å². The predicted octanol–water partition coefficient (Wildman–Crippen LogP) is 10.5. The SMILES string of the molecule is CCCCCC/C=C\CCCCCCCC(=O)NC(CO)C(O)/C=C/CCCCCCCCCCCCCCCC. The molecule has 0 bridgehead atoms. The Morgan fingerprint density at radius 3 is 1.37 bits per heavy atom. The van der Waals surface area contributed by atoms with Crippen molar-refractivity contribution < 1.29 is 15.0 Å². The molecule has 2 atom stereocenters. The van der Waals surface area contributed by atoms with Crippen LogP contribution in [0.25, 0.3) is 0 Å². The van der Waals surface area contributed by atoms with E-state index in [-0.39, 0.29) is 12.5 Å². The van der Waals surface area contributed by atoms with E-state index in [1.807, 2.05) is 6.08 Å². The smallest absolute Gasteiger partial charge is 0.220 e. The Morgan fingerprint density at radius 1 is 0.561 bits per heavy atom. The van der Waals surface area contributed by atoms with Crippen molar-refractivity contribution in [3.63, 3.8) is 0 Å². The van der Waals surface area contributed by atoms with E-state index in [2.05, 4.69) is 31.3 Å². The first kappa shape index (κ1) is 39.9. The maximum absolute atomic E-state index is 12.3. The molecule has 0 aliphatic heterocycles. The molecule has 0 aromatic rings. The molecule has 41 heavy (non-hydrogen) atoms. The minimum absolute atomic E-state index is 0.0746. The van der Waals surface area contributed by atoms with Crippen molar-refractivity contribution in [2.24, 2.45) is 0 Å². The number of hydrogen-bond acceptors (Lipinski definition) is 3. The average molecular weight is 578 g/mol. The number of unbranched alkanes of at least 4 members (excludes halogenated alkanes) is 23. The van der Waals surface area contributed by atoms with Crippen molar-refractivity contribution >= 4 is 5.91 Å². The number of amides is 1. The van der Waals surface area contributed by atoms with Gasteiger partial charge in [0, 0.05) is 6.42 Å². The van der Waals surface area contributed by atoms with Gasteiger partial charge in [-0.3, -0.25) is 4.79 Å². The Balaban J connectivity index is 3.64. The molecule has 0 aliphatic rings. The average Bonchev–Trinajstić information content (AvgIpc) is 2.97. The molecule has 0 heterocycles. The van der Waals surface area contributed by atoms with E-state index >= 15 is 0 Å². The summed E-state index contributed by atoms with van der Waals surface area (Å²) in [6, 6.07) is -0.621. The molecule has 3 N–H and O–H groups in total. The van der Waals surface area contributed by atoms with Gasteiger partial charge in [-0.15, -0.1) is 0 Å². The van der Waals surface area contributed by atoms with Crippen LogP contribution >= 0.6 is 0 Å². The summed E-state index contributed by atoms with van der Waals surface area (Å²) in [6.45, 7) is 4.28. The second kappa shape index (κ2) is 33.4. The molecule has 0 spiro atoms. The highest BCUT2D eigenvalue weighted by molar-refractivity contribution is 5.76. The molecular formula is C37H71NO3. The van der Waals surface area contributed by atoms with Crippen LogP contribution in [0.15, 0.2) is 24.3 Å². The van der Waals surface area contributed by atoms with Crippen molar-refractivity contribution in [2.45, 2.75) is 199 Å². The lowest BCUT2D eigenvalue weighted by molar-refractivity contribution is -0.123. The number of nitrogens with one attached hydrogen (secondary N) is 1. The molecule has 4 heteroatoms. The van der Waals surface area contributed by atoms with Crippen molar-refractivity contribution in [1.29, 1.82) is 0 Å². The van der Waals surface area contributed by atoms with Crippen LogP contribution in [0.1, 0.15) is 187 Å². The summed E-state index contributed by atoms with van der Waals surface area (Å²) in [4.78, 5) is 12.3. The van der Waals surface area contributed by atoms with E-state index in [4.69, 9.17) is 0 Å². The summed E-state index contributed by atoms with van der Waals surface area (Å²) in [6.07, 6.45) is 41.1. The zero-order valence-corrected chi connectivity index (χ0v) is 27.6. The second-order valence-electron chi connectivity index (χ2n) is 12.3. The minimum atomic E-state index is -0.838. The zero-order valence-electron chi connectivity index (χ0n) is 27.6. The maximum Gasteiger partial charge on any atom is 0.220 e. The summed E-state index contributed by atoms with van der Waals surface area (Å²) in [5.41, 5.74) is 0. The van der Waals surface area contributed by atoms with E-state index < -0.39 is 12.1 Å². The van der Waals surface area contributed by atoms with Crippen LogP contribution in [0.3, 0.4) is 0 Å². The number of aliphatic hydroxyl groups is 2. The van der Waals surface area contributed by atoms with E-state index in [9.17, 15) is 15.0 Å². The van der Waals surface area contributed by atoms with Gasteiger partial charge in [0.05, 0.1) is 18.8 Å². The van der Waals surface area contributed by atoms with Crippen molar-refractivity contribution in [2.75, 3.05) is 6.61 Å². The summed E-state index contributed by atoms with van der Waals surface area (Å²) >= 11 is 0. The molecule has 0 aromatic heterocycles. The largest absolute Gasteiger partial charge is 0.394 e. The number of rotatable bonds is 32. The fraction of sp³-hybridized carbons (Fsp3) is 0.865. The van der Waals surface area contributed by atoms with Gasteiger partial charge < -0.3 is 15.5 Å². The lowest BCUT2D eigenvalue weighted by atomic mass is 10.0. The van der Waals surface area contributed by atoms with Crippen molar-refractivity contribution in [1.82, 2.24) is 5.32 Å². The van der Waals surface area contributed by atoms with Gasteiger partial charge in [-0.25, -0.2) is 0 Å². The molecule has 0 saturated carbocycles. The van der Waals surface area contributed by atoms with Crippen LogP contribution in [0.4, 0.5) is 0 Å². The fourth-order valence-electron chi connectivity index (χ4n) is 5.35. The Kier molecular flexibility index (Phi) is 32.5. The normalized spacial score (nSPS) is 13.4. The van der Waals surface area contributed by atoms with Crippen LogP contribution in [0, 0.1) is 0 Å². The van der Waals surface area contributed by atoms with Crippen molar-refractivity contribution in [3.05, 3.63) is 24.3 Å². The highest BCUT2D eigenvalue weighted by Gasteiger charge is 2.17. The van der Waals surface area contributed by atoms with Gasteiger partial charge in [-0.2, -0.15) is 0 Å². The second-order valence-corrected chi connectivity index (χ2v) is 12.3. The molecule has 0 fully saturated rings. The molecule has 2 unspecified atom stereocenters. The third-order valence-corrected chi connectivity index (χ3v) is 8.18. The standard InChI is InChI=1S/C37H71NO3/c1-3-5-7-9-11-13-15-17-18-19-21-22-24-26-28-30-32-36(40)35(34-39)38-37(41)33-31-29-27-25-23-20-16-14-12-10-8-6-4-2/h14,16,30,32,35-36,39-40H,3-13,15,17-29,31,33-34H2,1-2H3,(H,38,41)/b16-14-,32-30+. The van der Waals surface area contributed by atoms with Crippen molar-refractivity contribution in [3.8, 4) is 0 Å². The Bertz CT molecular complexity index is 589. The third kappa shape index (κ3) is 30.1. The van der Waals surface area contributed by atoms with Crippen LogP contribution in [0.2, 0.25) is 0 Å². The first-order valence-electron chi connectivity index (χ1n) is 18.1. The molecule has 0 aromatic carbocycles. The minimum Gasteiger partial charge on any atom is -0.394 e. The van der Waals surface area contributed by atoms with Gasteiger partial charge in [0.1, 0.15) is 0 Å². The number of hydrogen-bond donors (Lipinski definition) is 3. The van der Waals surface area contributed by atoms with Crippen LogP contribution in [-0.2, 0) is 4.79 Å². The molecule has 1 amide bonds. The lowest BCUT2D eigenvalue weighted by Gasteiger charge is -2.20. The van der Waals surface area contributed by atoms with Crippen LogP contribution in [-0.4, -0.2) is 34.9 Å². The summed E-state index contributed by atoms with van der Waals surface area (Å²) in [5, 5.41) is 22.9. The highest BCUT2D eigenvalue weighted by atomic mass is 16.3. The molecular weight excluding hydrogens is 506 g/mol. The molecule has 0 aliphatic carbocycles. The van der Waals surface area contributed by atoms with Gasteiger partial charge in [-0.1, -0.05) is 160 Å². The molecule has 0 rings (SSSR count). The quantitative estimate of drug-likeness (QED) is 0.0550. The van der Waals surface area contributed by atoms with Gasteiger partial charge in [0.15, 0.2) is 0 Å². The summed E-state index contributed by atoms with van der Waals surface area (Å²) in [5.74, 6) is -0.0746. The van der Waals surface area contributed by atoms with E-state index in [1.54, 1.807) is 6.08 Å². The third-order valence-electron chi connectivity index (χ3n) is 8.18. The lowest BCUT2D eigenvalue weighted by Crippen LogP contribution is -2.45. The monoisotopic (exact) mass is 578 g/mol. The Labute approximate surface area is 256 Å². The van der Waals surface area contributed by atoms with E-state index in [1.165, 1.54) is 128 Å². The highest BCUT2D eigenvalue weighted by Crippen LogP contribution is 2.14. The molecule has 4 nitrogen and oxygen atoms in total. The number of carbonyl (C=O) groups excluding carboxylic acids is 1. The topological polar surface area (TPSA) is 69.6 Å². The van der Waals surface area contributed by atoms with Crippen LogP contribution < -0.4 is 5.32 Å². The number of carbonyl (C=O) groups is 1. The van der Waals surface area contributed by atoms with Crippen LogP contribution in [0.5, 0.6) is 0 Å². The first-order valence-corrected chi connectivity index (χ1v) is 18.1. The van der Waals surface area contributed by atoms with E-state index in [0.29, 0.717) is 6.42 Å². The fourth-order valence-corrected chi connectivity index (χ4v) is 5.35. The van der Waals surface area contributed by atoms with Gasteiger partial charge in [-0.05, 0) is 44.9 Å². The number of allylic oxidation sites excluding steroid dienone is 3. The van der Waals surface area contributed by atoms with E-state index in [0.717, 1.165) is 38.5 Å². The van der Waals surface area contributed by atoms with Gasteiger partial charge in [0.25, 0.3) is 0 Å². The zero-order chi connectivity index (χ0) is 30.1. The number of aliphatic hydroxyl groups excluding tert-OH is 2. The van der Waals surface area contributed by atoms with Gasteiger partial charge >= 0.3 is 0 Å². The molecule has 0 radical (unpaired) electrons. The Morgan fingerprint density at radius 2 is 0.927 bits per heavy atom. The predicted molar refractivity (Wildman–Crippen MR) is 179 cm³/mol. The Hall–Kier alpha value is -1.13. The summed E-state index contributed by atoms with van der Waals surface area (Å²) < 4.78 is 0. The first-order chi connectivity index (χ1) is 20.2. The maximum atomic E-state index is 12.3. The molecule has 242 valence electrons. The summed E-state index contributed by atoms with van der Waals surface area (Å²) in [7, 11) is 0.